The zero-order valence-electron chi connectivity index (χ0n) is 13.6. The highest BCUT2D eigenvalue weighted by atomic mass is 35.5. The summed E-state index contributed by atoms with van der Waals surface area (Å²) in [4.78, 5) is 40.8. The van der Waals surface area contributed by atoms with Crippen LogP contribution in [0.5, 0.6) is 0 Å². The molecule has 2 N–H and O–H groups in total. The predicted octanol–water partition coefficient (Wildman–Crippen LogP) is 2.21. The van der Waals surface area contributed by atoms with Crippen LogP contribution in [0.25, 0.3) is 0 Å². The van der Waals surface area contributed by atoms with Crippen LogP contribution in [0.2, 0.25) is 5.02 Å². The molecule has 136 valence electrons. The van der Waals surface area contributed by atoms with Crippen molar-refractivity contribution < 1.29 is 19.5 Å². The SMILES string of the molecule is O=C(O)c1csc(CCNC(=O)C2CC(=O)N(c3ccc(Cl)cc3)C2)n1. The molecule has 2 amide bonds. The van der Waals surface area contributed by atoms with Crippen LogP contribution in [0, 0.1) is 5.92 Å². The lowest BCUT2D eigenvalue weighted by molar-refractivity contribution is -0.126. The number of carboxylic acids is 1. The van der Waals surface area contributed by atoms with E-state index in [-0.39, 0.29) is 23.9 Å². The molecule has 1 fully saturated rings. The summed E-state index contributed by atoms with van der Waals surface area (Å²) in [5.41, 5.74) is 0.731. The monoisotopic (exact) mass is 393 g/mol. The number of amides is 2. The van der Waals surface area contributed by atoms with Crippen LogP contribution in [-0.4, -0.2) is 41.0 Å². The van der Waals surface area contributed by atoms with Crippen molar-refractivity contribution in [3.8, 4) is 0 Å². The minimum atomic E-state index is -1.07. The smallest absolute Gasteiger partial charge is 0.355 e. The third kappa shape index (κ3) is 4.20. The van der Waals surface area contributed by atoms with Crippen LogP contribution < -0.4 is 10.2 Å². The van der Waals surface area contributed by atoms with Gasteiger partial charge in [0.1, 0.15) is 0 Å². The molecule has 1 atom stereocenters. The molecule has 0 saturated carbocycles. The molecular formula is C17H16ClN3O4S. The molecule has 0 aliphatic carbocycles. The standard InChI is InChI=1S/C17H16ClN3O4S/c18-11-1-3-12(4-2-11)21-8-10(7-15(21)22)16(23)19-6-5-14-20-13(9-26-14)17(24)25/h1-4,9-10H,5-8H2,(H,19,23)(H,24,25). The Labute approximate surface area is 158 Å². The fraction of sp³-hybridized carbons (Fsp3) is 0.294. The third-order valence-corrected chi connectivity index (χ3v) is 5.20. The number of aromatic nitrogens is 1. The molecule has 1 saturated heterocycles. The van der Waals surface area contributed by atoms with Gasteiger partial charge in [-0.1, -0.05) is 11.6 Å². The normalized spacial score (nSPS) is 16.7. The number of halogens is 1. The van der Waals surface area contributed by atoms with Crippen molar-refractivity contribution in [2.24, 2.45) is 5.92 Å². The van der Waals surface area contributed by atoms with Gasteiger partial charge in [-0.2, -0.15) is 0 Å². The molecule has 9 heteroatoms. The lowest BCUT2D eigenvalue weighted by Crippen LogP contribution is -2.34. The topological polar surface area (TPSA) is 99.6 Å². The highest BCUT2D eigenvalue weighted by molar-refractivity contribution is 7.09. The first kappa shape index (κ1) is 18.3. The molecule has 1 unspecified atom stereocenters. The number of hydrogen-bond donors (Lipinski definition) is 2. The van der Waals surface area contributed by atoms with E-state index in [2.05, 4.69) is 10.3 Å². The second-order valence-corrected chi connectivity index (χ2v) is 7.23. The van der Waals surface area contributed by atoms with E-state index in [1.807, 2.05) is 0 Å². The molecule has 0 bridgehead atoms. The minimum absolute atomic E-state index is 0.0105. The Kier molecular flexibility index (Phi) is 5.53. The van der Waals surface area contributed by atoms with E-state index >= 15 is 0 Å². The number of nitrogens with zero attached hydrogens (tertiary/aromatic N) is 2. The molecule has 7 nitrogen and oxygen atoms in total. The van der Waals surface area contributed by atoms with Crippen molar-refractivity contribution in [1.29, 1.82) is 0 Å². The number of carboxylic acid groups (broad SMARTS) is 1. The van der Waals surface area contributed by atoms with E-state index in [1.165, 1.54) is 16.7 Å². The zero-order chi connectivity index (χ0) is 18.7. The summed E-state index contributed by atoms with van der Waals surface area (Å²) in [7, 11) is 0. The number of carbonyl (C=O) groups is 3. The molecule has 0 radical (unpaired) electrons. The second-order valence-electron chi connectivity index (χ2n) is 5.85. The van der Waals surface area contributed by atoms with Gasteiger partial charge in [0.15, 0.2) is 5.69 Å². The van der Waals surface area contributed by atoms with Gasteiger partial charge >= 0.3 is 5.97 Å². The van der Waals surface area contributed by atoms with E-state index in [4.69, 9.17) is 16.7 Å². The first-order chi connectivity index (χ1) is 12.4. The fourth-order valence-electron chi connectivity index (χ4n) is 2.71. The Morgan fingerprint density at radius 1 is 1.35 bits per heavy atom. The number of rotatable bonds is 6. The summed E-state index contributed by atoms with van der Waals surface area (Å²) < 4.78 is 0. The number of thiazole rings is 1. The maximum atomic E-state index is 12.3. The van der Waals surface area contributed by atoms with Gasteiger partial charge in [-0.15, -0.1) is 11.3 Å². The Balaban J connectivity index is 1.51. The molecular weight excluding hydrogens is 378 g/mol. The summed E-state index contributed by atoms with van der Waals surface area (Å²) in [6, 6.07) is 6.92. The molecule has 0 spiro atoms. The van der Waals surface area contributed by atoms with Gasteiger partial charge in [-0.05, 0) is 24.3 Å². The number of nitrogens with one attached hydrogen (secondary N) is 1. The van der Waals surface area contributed by atoms with E-state index < -0.39 is 11.9 Å². The molecule has 2 heterocycles. The van der Waals surface area contributed by atoms with Crippen molar-refractivity contribution in [2.45, 2.75) is 12.8 Å². The minimum Gasteiger partial charge on any atom is -0.476 e. The van der Waals surface area contributed by atoms with Gasteiger partial charge in [0, 0.05) is 42.0 Å². The third-order valence-electron chi connectivity index (χ3n) is 4.04. The second kappa shape index (κ2) is 7.84. The van der Waals surface area contributed by atoms with Crippen LogP contribution in [0.3, 0.4) is 0 Å². The molecule has 1 aliphatic rings. The maximum absolute atomic E-state index is 12.3. The number of hydrogen-bond acceptors (Lipinski definition) is 5. The number of benzene rings is 1. The van der Waals surface area contributed by atoms with Crippen molar-refractivity contribution >= 4 is 46.4 Å². The van der Waals surface area contributed by atoms with Gasteiger partial charge in [0.2, 0.25) is 11.8 Å². The Bertz CT molecular complexity index is 837. The average Bonchev–Trinajstić information content (AvgIpc) is 3.23. The average molecular weight is 394 g/mol. The van der Waals surface area contributed by atoms with Gasteiger partial charge < -0.3 is 15.3 Å². The Hall–Kier alpha value is -2.45. The lowest BCUT2D eigenvalue weighted by Gasteiger charge is -2.16. The van der Waals surface area contributed by atoms with Crippen molar-refractivity contribution in [1.82, 2.24) is 10.3 Å². The molecule has 1 aromatic heterocycles. The number of anilines is 1. The van der Waals surface area contributed by atoms with Crippen LogP contribution in [0.1, 0.15) is 21.9 Å². The van der Waals surface area contributed by atoms with Gasteiger partial charge in [-0.25, -0.2) is 9.78 Å². The molecule has 2 aromatic rings. The molecule has 1 aromatic carbocycles. The largest absolute Gasteiger partial charge is 0.476 e. The maximum Gasteiger partial charge on any atom is 0.355 e. The van der Waals surface area contributed by atoms with Crippen LogP contribution in [-0.2, 0) is 16.0 Å². The quantitative estimate of drug-likeness (QED) is 0.783. The summed E-state index contributed by atoms with van der Waals surface area (Å²) in [5.74, 6) is -1.77. The first-order valence-electron chi connectivity index (χ1n) is 7.95. The van der Waals surface area contributed by atoms with Crippen molar-refractivity contribution in [3.63, 3.8) is 0 Å². The summed E-state index contributed by atoms with van der Waals surface area (Å²) in [6.45, 7) is 0.670. The van der Waals surface area contributed by atoms with Gasteiger partial charge in [-0.3, -0.25) is 9.59 Å². The van der Waals surface area contributed by atoms with Crippen LogP contribution in [0.4, 0.5) is 5.69 Å². The van der Waals surface area contributed by atoms with Crippen LogP contribution >= 0.6 is 22.9 Å². The molecule has 1 aliphatic heterocycles. The molecule has 26 heavy (non-hydrogen) atoms. The fourth-order valence-corrected chi connectivity index (χ4v) is 3.61. The van der Waals surface area contributed by atoms with E-state index in [0.29, 0.717) is 29.5 Å². The van der Waals surface area contributed by atoms with E-state index in [0.717, 1.165) is 5.69 Å². The van der Waals surface area contributed by atoms with E-state index in [9.17, 15) is 14.4 Å². The predicted molar refractivity (Wildman–Crippen MR) is 97.7 cm³/mol. The number of carbonyl (C=O) groups excluding carboxylic acids is 2. The van der Waals surface area contributed by atoms with Crippen LogP contribution in [0.15, 0.2) is 29.6 Å². The van der Waals surface area contributed by atoms with Crippen molar-refractivity contribution in [3.05, 3.63) is 45.4 Å². The highest BCUT2D eigenvalue weighted by Gasteiger charge is 2.34. The Morgan fingerprint density at radius 2 is 2.08 bits per heavy atom. The zero-order valence-corrected chi connectivity index (χ0v) is 15.2. The van der Waals surface area contributed by atoms with Gasteiger partial charge in [0.05, 0.1) is 10.9 Å². The molecule has 3 rings (SSSR count). The summed E-state index contributed by atoms with van der Waals surface area (Å²) in [5, 5.41) is 14.3. The summed E-state index contributed by atoms with van der Waals surface area (Å²) in [6.07, 6.45) is 0.611. The summed E-state index contributed by atoms with van der Waals surface area (Å²) >= 11 is 7.10. The Morgan fingerprint density at radius 3 is 2.73 bits per heavy atom. The first-order valence-corrected chi connectivity index (χ1v) is 9.21. The van der Waals surface area contributed by atoms with Crippen molar-refractivity contribution in [2.75, 3.05) is 18.0 Å². The van der Waals surface area contributed by atoms with E-state index in [1.54, 1.807) is 29.2 Å². The lowest BCUT2D eigenvalue weighted by atomic mass is 10.1. The highest BCUT2D eigenvalue weighted by Crippen LogP contribution is 2.26. The van der Waals surface area contributed by atoms with Gasteiger partial charge in [0.25, 0.3) is 0 Å². The number of aromatic carboxylic acids is 1.